The molecular formula is C19H25N2O2S+. The Kier molecular flexibility index (Phi) is 7.52. The Morgan fingerprint density at radius 2 is 2.12 bits per heavy atom. The molecule has 2 aromatic rings. The van der Waals surface area contributed by atoms with E-state index in [1.165, 1.54) is 10.4 Å². The molecule has 24 heavy (non-hydrogen) atoms. The van der Waals surface area contributed by atoms with E-state index in [4.69, 9.17) is 4.74 Å². The number of benzene rings is 1. The topological polar surface area (TPSA) is 42.8 Å². The predicted molar refractivity (Wildman–Crippen MR) is 98.6 cm³/mol. The van der Waals surface area contributed by atoms with Gasteiger partial charge in [0.25, 0.3) is 5.91 Å². The van der Waals surface area contributed by atoms with Crippen LogP contribution in [0.3, 0.4) is 0 Å². The monoisotopic (exact) mass is 345 g/mol. The van der Waals surface area contributed by atoms with Crippen molar-refractivity contribution in [2.45, 2.75) is 13.0 Å². The molecule has 0 radical (unpaired) electrons. The fourth-order valence-electron chi connectivity index (χ4n) is 2.39. The zero-order valence-corrected chi connectivity index (χ0v) is 14.9. The summed E-state index contributed by atoms with van der Waals surface area (Å²) in [6, 6.07) is 12.1. The summed E-state index contributed by atoms with van der Waals surface area (Å²) in [6.45, 7) is 6.11. The van der Waals surface area contributed by atoms with Gasteiger partial charge in [0.1, 0.15) is 18.9 Å². The summed E-state index contributed by atoms with van der Waals surface area (Å²) in [5.74, 6) is 0.928. The van der Waals surface area contributed by atoms with Crippen molar-refractivity contribution in [3.05, 3.63) is 64.9 Å². The first-order valence-electron chi connectivity index (χ1n) is 8.10. The maximum atomic E-state index is 12.0. The smallest absolute Gasteiger partial charge is 0.275 e. The first-order valence-corrected chi connectivity index (χ1v) is 8.98. The lowest BCUT2D eigenvalue weighted by Crippen LogP contribution is -3.08. The molecule has 1 unspecified atom stereocenters. The summed E-state index contributed by atoms with van der Waals surface area (Å²) in [5.41, 5.74) is 1.19. The molecule has 0 aliphatic carbocycles. The second kappa shape index (κ2) is 9.90. The van der Waals surface area contributed by atoms with Crippen LogP contribution in [0, 0.1) is 0 Å². The van der Waals surface area contributed by atoms with E-state index in [1.54, 1.807) is 17.4 Å². The van der Waals surface area contributed by atoms with Gasteiger partial charge in [-0.15, -0.1) is 11.3 Å². The number of quaternary nitrogens is 1. The Morgan fingerprint density at radius 1 is 1.33 bits per heavy atom. The average molecular weight is 345 g/mol. The van der Waals surface area contributed by atoms with Gasteiger partial charge in [-0.3, -0.25) is 4.79 Å². The quantitative estimate of drug-likeness (QED) is 0.644. The van der Waals surface area contributed by atoms with Crippen molar-refractivity contribution < 1.29 is 14.4 Å². The molecule has 1 heterocycles. The van der Waals surface area contributed by atoms with E-state index >= 15 is 0 Å². The maximum absolute atomic E-state index is 12.0. The number of thiophene rings is 1. The van der Waals surface area contributed by atoms with E-state index in [0.29, 0.717) is 19.7 Å². The molecule has 1 aromatic heterocycles. The minimum absolute atomic E-state index is 0.0926. The van der Waals surface area contributed by atoms with Gasteiger partial charge in [0, 0.05) is 17.0 Å². The Balaban J connectivity index is 1.68. The SMILES string of the molecule is C=CCOc1ccc(C[NH+](C)CC(=O)NCCc2cccs2)cc1. The fourth-order valence-corrected chi connectivity index (χ4v) is 3.10. The summed E-state index contributed by atoms with van der Waals surface area (Å²) >= 11 is 1.72. The van der Waals surface area contributed by atoms with Crippen molar-refractivity contribution in [3.63, 3.8) is 0 Å². The van der Waals surface area contributed by atoms with Crippen molar-refractivity contribution in [2.24, 2.45) is 0 Å². The molecule has 5 heteroatoms. The Morgan fingerprint density at radius 3 is 2.79 bits per heavy atom. The normalized spacial score (nSPS) is 11.7. The van der Waals surface area contributed by atoms with Gasteiger partial charge in [-0.2, -0.15) is 0 Å². The zero-order chi connectivity index (χ0) is 17.2. The molecule has 0 spiro atoms. The second-order valence-corrected chi connectivity index (χ2v) is 6.77. The largest absolute Gasteiger partial charge is 0.490 e. The summed E-state index contributed by atoms with van der Waals surface area (Å²) in [6.07, 6.45) is 2.62. The Hall–Kier alpha value is -2.11. The van der Waals surface area contributed by atoms with E-state index in [-0.39, 0.29) is 5.91 Å². The van der Waals surface area contributed by atoms with Gasteiger partial charge in [0.05, 0.1) is 7.05 Å². The third-order valence-electron chi connectivity index (χ3n) is 3.53. The third kappa shape index (κ3) is 6.56. The first-order chi connectivity index (χ1) is 11.7. The van der Waals surface area contributed by atoms with Gasteiger partial charge < -0.3 is 15.0 Å². The van der Waals surface area contributed by atoms with Crippen LogP contribution in [0.15, 0.2) is 54.4 Å². The molecule has 1 aromatic carbocycles. The number of nitrogens with one attached hydrogen (secondary N) is 2. The molecule has 0 saturated carbocycles. The Labute approximate surface area is 147 Å². The van der Waals surface area contributed by atoms with Gasteiger partial charge in [-0.25, -0.2) is 0 Å². The van der Waals surface area contributed by atoms with Crippen LogP contribution in [0.2, 0.25) is 0 Å². The van der Waals surface area contributed by atoms with E-state index in [2.05, 4.69) is 23.3 Å². The first kappa shape index (κ1) is 18.2. The molecule has 4 nitrogen and oxygen atoms in total. The van der Waals surface area contributed by atoms with Gasteiger partial charge in [-0.05, 0) is 42.1 Å². The van der Waals surface area contributed by atoms with Crippen LogP contribution < -0.4 is 15.0 Å². The van der Waals surface area contributed by atoms with E-state index in [9.17, 15) is 4.79 Å². The number of rotatable bonds is 10. The van der Waals surface area contributed by atoms with Crippen molar-refractivity contribution in [1.29, 1.82) is 0 Å². The summed E-state index contributed by atoms with van der Waals surface area (Å²) in [5, 5.41) is 5.05. The van der Waals surface area contributed by atoms with Crippen LogP contribution in [0.1, 0.15) is 10.4 Å². The molecule has 2 N–H and O–H groups in total. The summed E-state index contributed by atoms with van der Waals surface area (Å²) < 4.78 is 5.47. The molecule has 2 rings (SSSR count). The Bertz CT molecular complexity index is 623. The van der Waals surface area contributed by atoms with Crippen molar-refractivity contribution in [1.82, 2.24) is 5.32 Å². The minimum Gasteiger partial charge on any atom is -0.490 e. The van der Waals surface area contributed by atoms with Crippen LogP contribution in [0.5, 0.6) is 5.75 Å². The number of carbonyl (C=O) groups excluding carboxylic acids is 1. The highest BCUT2D eigenvalue weighted by Gasteiger charge is 2.10. The van der Waals surface area contributed by atoms with E-state index in [1.807, 2.05) is 37.4 Å². The van der Waals surface area contributed by atoms with Crippen molar-refractivity contribution >= 4 is 17.2 Å². The van der Waals surface area contributed by atoms with Crippen LogP contribution in [0.4, 0.5) is 0 Å². The molecule has 1 amide bonds. The predicted octanol–water partition coefficient (Wildman–Crippen LogP) is 1.69. The molecule has 0 aliphatic rings. The standard InChI is InChI=1S/C19H24N2O2S/c1-3-12-23-17-8-6-16(7-9-17)14-21(2)15-19(22)20-11-10-18-5-4-13-24-18/h3-9,13H,1,10-12,14-15H2,2H3,(H,20,22)/p+1. The number of likely N-dealkylation sites (N-methyl/N-ethyl adjacent to an activating group) is 1. The number of carbonyl (C=O) groups is 1. The lowest BCUT2D eigenvalue weighted by molar-refractivity contribution is -0.885. The average Bonchev–Trinajstić information content (AvgIpc) is 3.07. The van der Waals surface area contributed by atoms with Gasteiger partial charge in [0.15, 0.2) is 6.54 Å². The highest BCUT2D eigenvalue weighted by Crippen LogP contribution is 2.11. The molecular weight excluding hydrogens is 320 g/mol. The van der Waals surface area contributed by atoms with E-state index < -0.39 is 0 Å². The van der Waals surface area contributed by atoms with Crippen LogP contribution in [-0.2, 0) is 17.8 Å². The van der Waals surface area contributed by atoms with Gasteiger partial charge in [0.2, 0.25) is 0 Å². The lowest BCUT2D eigenvalue weighted by atomic mass is 10.2. The second-order valence-electron chi connectivity index (χ2n) is 5.73. The fraction of sp³-hybridized carbons (Fsp3) is 0.316. The molecule has 0 aliphatic heterocycles. The van der Waals surface area contributed by atoms with Gasteiger partial charge >= 0.3 is 0 Å². The molecule has 0 fully saturated rings. The number of amides is 1. The third-order valence-corrected chi connectivity index (χ3v) is 4.47. The van der Waals surface area contributed by atoms with E-state index in [0.717, 1.165) is 23.6 Å². The summed E-state index contributed by atoms with van der Waals surface area (Å²) in [4.78, 5) is 14.4. The highest BCUT2D eigenvalue weighted by atomic mass is 32.1. The molecule has 0 bridgehead atoms. The zero-order valence-electron chi connectivity index (χ0n) is 14.1. The summed E-state index contributed by atoms with van der Waals surface area (Å²) in [7, 11) is 2.03. The number of hydrogen-bond donors (Lipinski definition) is 2. The van der Waals surface area contributed by atoms with Gasteiger partial charge in [-0.1, -0.05) is 18.7 Å². The molecule has 128 valence electrons. The maximum Gasteiger partial charge on any atom is 0.275 e. The number of hydrogen-bond acceptors (Lipinski definition) is 3. The van der Waals surface area contributed by atoms with Crippen molar-refractivity contribution in [2.75, 3.05) is 26.7 Å². The lowest BCUT2D eigenvalue weighted by Gasteiger charge is -2.14. The van der Waals surface area contributed by atoms with Crippen LogP contribution in [-0.4, -0.2) is 32.7 Å². The van der Waals surface area contributed by atoms with Crippen LogP contribution in [0.25, 0.3) is 0 Å². The van der Waals surface area contributed by atoms with Crippen LogP contribution >= 0.6 is 11.3 Å². The highest BCUT2D eigenvalue weighted by molar-refractivity contribution is 7.09. The van der Waals surface area contributed by atoms with Crippen molar-refractivity contribution in [3.8, 4) is 5.75 Å². The number of ether oxygens (including phenoxy) is 1. The minimum atomic E-state index is 0.0926. The molecule has 0 saturated heterocycles. The molecule has 1 atom stereocenters.